The molecule has 3 nitrogen and oxygen atoms in total. The molecular weight excluding hydrogens is 328 g/mol. The molecule has 4 rings (SSSR count). The Kier molecular flexibility index (Phi) is 4.44. The molecule has 0 saturated heterocycles. The van der Waals surface area contributed by atoms with Crippen LogP contribution in [-0.4, -0.2) is 12.6 Å². The van der Waals surface area contributed by atoms with Crippen LogP contribution in [0.25, 0.3) is 0 Å². The van der Waals surface area contributed by atoms with Gasteiger partial charge in [-0.25, -0.2) is 0 Å². The Morgan fingerprint density at radius 2 is 1.40 bits per heavy atom. The van der Waals surface area contributed by atoms with E-state index in [1.165, 1.54) is 9.79 Å². The monoisotopic (exact) mass is 346 g/mol. The van der Waals surface area contributed by atoms with Crippen LogP contribution in [0.5, 0.6) is 0 Å². The van der Waals surface area contributed by atoms with Crippen molar-refractivity contribution in [3.8, 4) is 0 Å². The molecule has 0 atom stereocenters. The van der Waals surface area contributed by atoms with Crippen LogP contribution in [-0.2, 0) is 4.74 Å². The number of rotatable bonds is 2. The van der Waals surface area contributed by atoms with Crippen molar-refractivity contribution in [2.24, 2.45) is 4.99 Å². The highest BCUT2D eigenvalue weighted by Crippen LogP contribution is 2.48. The van der Waals surface area contributed by atoms with Gasteiger partial charge in [-0.2, -0.15) is 4.99 Å². The molecule has 0 saturated carbocycles. The Morgan fingerprint density at radius 1 is 0.840 bits per heavy atom. The number of hydrogen-bond acceptors (Lipinski definition) is 3. The molecule has 0 aliphatic carbocycles. The number of benzene rings is 3. The topological polar surface area (TPSA) is 24.8 Å². The minimum Gasteiger partial charge on any atom is -0.465 e. The predicted octanol–water partition coefficient (Wildman–Crippen LogP) is 6.01. The predicted molar refractivity (Wildman–Crippen MR) is 104 cm³/mol. The summed E-state index contributed by atoms with van der Waals surface area (Å²) in [4.78, 5) is 9.28. The summed E-state index contributed by atoms with van der Waals surface area (Å²) >= 11 is 1.78. The fraction of sp³-hybridized carbons (Fsp3) is 0.0952. The second-order valence-corrected chi connectivity index (χ2v) is 6.62. The van der Waals surface area contributed by atoms with E-state index < -0.39 is 0 Å². The van der Waals surface area contributed by atoms with Crippen LogP contribution in [0.2, 0.25) is 0 Å². The molecule has 0 amide bonds. The van der Waals surface area contributed by atoms with Crippen molar-refractivity contribution in [3.63, 3.8) is 0 Å². The van der Waals surface area contributed by atoms with E-state index in [9.17, 15) is 0 Å². The fourth-order valence-corrected chi connectivity index (χ4v) is 3.86. The van der Waals surface area contributed by atoms with Gasteiger partial charge in [-0.1, -0.05) is 54.2 Å². The molecular formula is C21H18N2OS. The molecule has 124 valence electrons. The van der Waals surface area contributed by atoms with Gasteiger partial charge < -0.3 is 4.74 Å². The first kappa shape index (κ1) is 15.8. The molecule has 3 aromatic carbocycles. The van der Waals surface area contributed by atoms with Gasteiger partial charge in [-0.15, -0.1) is 0 Å². The molecule has 1 aliphatic rings. The minimum absolute atomic E-state index is 0.555. The van der Waals surface area contributed by atoms with Crippen molar-refractivity contribution in [1.82, 2.24) is 0 Å². The molecule has 0 unspecified atom stereocenters. The van der Waals surface area contributed by atoms with E-state index in [0.717, 1.165) is 17.1 Å². The highest BCUT2D eigenvalue weighted by atomic mass is 32.2. The van der Waals surface area contributed by atoms with E-state index in [1.54, 1.807) is 11.8 Å². The highest BCUT2D eigenvalue weighted by molar-refractivity contribution is 7.99. The lowest BCUT2D eigenvalue weighted by Gasteiger charge is -2.32. The standard InChI is InChI=1S/C21H18N2OS/c1-2-24-21(22-16-10-4-3-5-11-16)23-17-12-6-8-14-19(17)25-20-15-9-7-13-18(20)23/h3-15H,2H2,1H3. The number of nitrogens with zero attached hydrogens (tertiary/aromatic N) is 2. The molecule has 0 radical (unpaired) electrons. The van der Waals surface area contributed by atoms with Crippen LogP contribution < -0.4 is 4.90 Å². The van der Waals surface area contributed by atoms with Crippen LogP contribution in [0.1, 0.15) is 6.92 Å². The second kappa shape index (κ2) is 7.03. The quantitative estimate of drug-likeness (QED) is 0.419. The Bertz CT molecular complexity index is 863. The Labute approximate surface area is 152 Å². The zero-order chi connectivity index (χ0) is 17.1. The molecule has 1 heterocycles. The average Bonchev–Trinajstić information content (AvgIpc) is 2.66. The van der Waals surface area contributed by atoms with E-state index in [2.05, 4.69) is 41.3 Å². The van der Waals surface area contributed by atoms with Crippen molar-refractivity contribution >= 4 is 34.8 Å². The average molecular weight is 346 g/mol. The summed E-state index contributed by atoms with van der Waals surface area (Å²) in [6, 6.07) is 27.2. The number of hydrogen-bond donors (Lipinski definition) is 0. The Morgan fingerprint density at radius 3 is 2.00 bits per heavy atom. The zero-order valence-electron chi connectivity index (χ0n) is 13.9. The third kappa shape index (κ3) is 3.13. The number of amidine groups is 1. The minimum atomic E-state index is 0.555. The third-order valence-corrected chi connectivity index (χ3v) is 5.01. The maximum Gasteiger partial charge on any atom is 0.302 e. The summed E-state index contributed by atoms with van der Waals surface area (Å²) in [5.41, 5.74) is 3.06. The number of aliphatic imine (C=N–C) groups is 1. The third-order valence-electron chi connectivity index (χ3n) is 3.88. The van der Waals surface area contributed by atoms with E-state index in [0.29, 0.717) is 12.6 Å². The van der Waals surface area contributed by atoms with Crippen LogP contribution in [0.4, 0.5) is 17.1 Å². The van der Waals surface area contributed by atoms with Crippen LogP contribution in [0.3, 0.4) is 0 Å². The van der Waals surface area contributed by atoms with Gasteiger partial charge in [0.05, 0.1) is 23.7 Å². The van der Waals surface area contributed by atoms with Gasteiger partial charge in [0, 0.05) is 9.79 Å². The number of para-hydroxylation sites is 3. The second-order valence-electron chi connectivity index (χ2n) is 5.54. The summed E-state index contributed by atoms with van der Waals surface area (Å²) in [7, 11) is 0. The maximum absolute atomic E-state index is 5.97. The first-order valence-electron chi connectivity index (χ1n) is 8.29. The van der Waals surface area contributed by atoms with Crippen molar-refractivity contribution in [1.29, 1.82) is 0 Å². The van der Waals surface area contributed by atoms with Gasteiger partial charge in [0.25, 0.3) is 0 Å². The van der Waals surface area contributed by atoms with Gasteiger partial charge >= 0.3 is 6.02 Å². The fourth-order valence-electron chi connectivity index (χ4n) is 2.80. The maximum atomic E-state index is 5.97. The molecule has 1 aliphatic heterocycles. The van der Waals surface area contributed by atoms with Gasteiger partial charge in [0.15, 0.2) is 0 Å². The molecule has 0 spiro atoms. The number of anilines is 2. The Balaban J connectivity index is 1.88. The van der Waals surface area contributed by atoms with Crippen molar-refractivity contribution in [2.75, 3.05) is 11.5 Å². The highest BCUT2D eigenvalue weighted by Gasteiger charge is 2.27. The largest absolute Gasteiger partial charge is 0.465 e. The molecule has 0 bridgehead atoms. The van der Waals surface area contributed by atoms with Gasteiger partial charge in [0.2, 0.25) is 0 Å². The number of fused-ring (bicyclic) bond motifs is 2. The first-order chi connectivity index (χ1) is 12.4. The molecule has 0 aromatic heterocycles. The summed E-state index contributed by atoms with van der Waals surface area (Å²) in [5, 5.41) is 0. The van der Waals surface area contributed by atoms with E-state index in [1.807, 2.05) is 49.4 Å². The van der Waals surface area contributed by atoms with Crippen LogP contribution in [0.15, 0.2) is 93.6 Å². The van der Waals surface area contributed by atoms with E-state index >= 15 is 0 Å². The summed E-state index contributed by atoms with van der Waals surface area (Å²) in [5.74, 6) is 0. The van der Waals surface area contributed by atoms with Crippen molar-refractivity contribution in [2.45, 2.75) is 16.7 Å². The molecule has 0 fully saturated rings. The van der Waals surface area contributed by atoms with Crippen LogP contribution in [0, 0.1) is 0 Å². The van der Waals surface area contributed by atoms with Gasteiger partial charge in [-0.3, -0.25) is 4.90 Å². The first-order valence-corrected chi connectivity index (χ1v) is 9.11. The molecule has 4 heteroatoms. The van der Waals surface area contributed by atoms with Crippen molar-refractivity contribution < 1.29 is 4.74 Å². The SMILES string of the molecule is CCOC(=Nc1ccccc1)N1c2ccccc2Sc2ccccc21. The summed E-state index contributed by atoms with van der Waals surface area (Å²) in [6.07, 6.45) is 0. The lowest BCUT2D eigenvalue weighted by atomic mass is 10.2. The number of ether oxygens (including phenoxy) is 1. The van der Waals surface area contributed by atoms with E-state index in [4.69, 9.17) is 9.73 Å². The van der Waals surface area contributed by atoms with Crippen LogP contribution >= 0.6 is 11.8 Å². The zero-order valence-corrected chi connectivity index (χ0v) is 14.7. The van der Waals surface area contributed by atoms with E-state index in [-0.39, 0.29) is 0 Å². The molecule has 3 aromatic rings. The summed E-state index contributed by atoms with van der Waals surface area (Å²) < 4.78 is 5.97. The normalized spacial score (nSPS) is 13.2. The van der Waals surface area contributed by atoms with Gasteiger partial charge in [0.1, 0.15) is 0 Å². The Hall–Kier alpha value is -2.72. The molecule has 25 heavy (non-hydrogen) atoms. The molecule has 0 N–H and O–H groups in total. The van der Waals surface area contributed by atoms with Gasteiger partial charge in [-0.05, 0) is 43.3 Å². The lowest BCUT2D eigenvalue weighted by Crippen LogP contribution is -2.30. The summed E-state index contributed by atoms with van der Waals surface area (Å²) in [6.45, 7) is 2.54. The smallest absolute Gasteiger partial charge is 0.302 e. The lowest BCUT2D eigenvalue weighted by molar-refractivity contribution is 0.321. The van der Waals surface area contributed by atoms with Crippen molar-refractivity contribution in [3.05, 3.63) is 78.9 Å².